The number of likely N-dealkylation sites (N-methyl/N-ethyl adjacent to an activating group) is 1. The minimum absolute atomic E-state index is 0.125. The third-order valence-electron chi connectivity index (χ3n) is 6.76. The van der Waals surface area contributed by atoms with Gasteiger partial charge in [0.2, 0.25) is 12.5 Å². The number of hydrogen-bond acceptors (Lipinski definition) is 9. The number of carbonyl (C=O) groups is 1. The zero-order chi connectivity index (χ0) is 24.7. The molecule has 0 spiro atoms. The Labute approximate surface area is 208 Å². The zero-order valence-corrected chi connectivity index (χ0v) is 21.0. The summed E-state index contributed by atoms with van der Waals surface area (Å²) in [6.07, 6.45) is 5.72. The molecule has 0 bridgehead atoms. The number of methoxy groups -OCH3 is 3. The Hall–Kier alpha value is -3.22. The van der Waals surface area contributed by atoms with Gasteiger partial charge in [0.05, 0.1) is 33.1 Å². The van der Waals surface area contributed by atoms with Gasteiger partial charge in [-0.25, -0.2) is 4.79 Å². The van der Waals surface area contributed by atoms with Crippen LogP contribution in [0.15, 0.2) is 12.1 Å². The Balaban J connectivity index is 1.69. The number of esters is 1. The molecule has 0 aromatic heterocycles. The summed E-state index contributed by atoms with van der Waals surface area (Å²) in [7, 11) is 6.71. The molecule has 0 saturated heterocycles. The predicted octanol–water partition coefficient (Wildman–Crippen LogP) is 3.75. The van der Waals surface area contributed by atoms with Crippen LogP contribution in [0.5, 0.6) is 28.7 Å². The molecule has 3 aliphatic heterocycles. The molecule has 3 heterocycles. The third-order valence-corrected chi connectivity index (χ3v) is 7.62. The Kier molecular flexibility index (Phi) is 6.34. The van der Waals surface area contributed by atoms with Crippen LogP contribution in [0.4, 0.5) is 0 Å². The van der Waals surface area contributed by atoms with Crippen molar-refractivity contribution in [3.05, 3.63) is 39.9 Å². The third kappa shape index (κ3) is 3.63. The van der Waals surface area contributed by atoms with Crippen molar-refractivity contribution in [3.63, 3.8) is 0 Å². The van der Waals surface area contributed by atoms with Crippen molar-refractivity contribution >= 4 is 17.7 Å². The second-order valence-corrected chi connectivity index (χ2v) is 9.42. The lowest BCUT2D eigenvalue weighted by Gasteiger charge is -2.39. The molecule has 2 aromatic rings. The number of nitrogens with zero attached hydrogens (tertiary/aromatic N) is 1. The zero-order valence-electron chi connectivity index (χ0n) is 20.1. The predicted molar refractivity (Wildman–Crippen MR) is 131 cm³/mol. The first-order valence-corrected chi connectivity index (χ1v) is 12.4. The summed E-state index contributed by atoms with van der Waals surface area (Å²) in [4.78, 5) is 15.3. The number of benzene rings is 2. The van der Waals surface area contributed by atoms with Gasteiger partial charge in [0.1, 0.15) is 11.7 Å². The number of carbonyl (C=O) groups excluding carboxylic acids is 1. The van der Waals surface area contributed by atoms with Crippen LogP contribution in [-0.2, 0) is 16.9 Å². The largest absolute Gasteiger partial charge is 0.493 e. The molecule has 9 heteroatoms. The van der Waals surface area contributed by atoms with Crippen LogP contribution in [0, 0.1) is 12.3 Å². The summed E-state index contributed by atoms with van der Waals surface area (Å²) in [6, 6.07) is 3.37. The minimum Gasteiger partial charge on any atom is -0.493 e. The molecule has 0 N–H and O–H groups in total. The molecular formula is C26H27NO7S. The van der Waals surface area contributed by atoms with Gasteiger partial charge in [0, 0.05) is 29.0 Å². The van der Waals surface area contributed by atoms with E-state index in [1.165, 1.54) is 7.11 Å². The highest BCUT2D eigenvalue weighted by Crippen LogP contribution is 2.57. The molecule has 0 radical (unpaired) electrons. The quantitative estimate of drug-likeness (QED) is 0.323. The number of ether oxygens (including phenoxy) is 6. The monoisotopic (exact) mass is 497 g/mol. The molecule has 0 unspecified atom stereocenters. The Bertz CT molecular complexity index is 1220. The normalized spacial score (nSPS) is 20.0. The standard InChI is InChI=1S/C26H27NO7S/c1-6-11-35-12-16-14-9-10-27(2)20(18(14)24(31-5)25-22(16)32-13-33-25)21-15-7-8-17(29-3)23(30-4)19(15)26(28)34-21/h1,7-8,20-21H,9-13H2,2-5H3/t20-,21+/m1/s1. The van der Waals surface area contributed by atoms with Gasteiger partial charge in [0.15, 0.2) is 23.0 Å². The van der Waals surface area contributed by atoms with Crippen molar-refractivity contribution in [2.24, 2.45) is 0 Å². The van der Waals surface area contributed by atoms with Gasteiger partial charge in [-0.1, -0.05) is 12.0 Å². The van der Waals surface area contributed by atoms with E-state index >= 15 is 0 Å². The SMILES string of the molecule is C#CCSCc1c2c(c(OC)c3c1OCO3)[C@H]([C@H]1OC(=O)c3c1ccc(OC)c3OC)N(C)CC2. The Morgan fingerprint density at radius 1 is 1.14 bits per heavy atom. The van der Waals surface area contributed by atoms with Crippen LogP contribution in [-0.4, -0.2) is 58.3 Å². The lowest BCUT2D eigenvalue weighted by Crippen LogP contribution is -2.37. The lowest BCUT2D eigenvalue weighted by atomic mass is 9.83. The van der Waals surface area contributed by atoms with Crippen LogP contribution in [0.2, 0.25) is 0 Å². The highest BCUT2D eigenvalue weighted by molar-refractivity contribution is 7.98. The molecule has 0 fully saturated rings. The van der Waals surface area contributed by atoms with Crippen molar-refractivity contribution in [2.45, 2.75) is 24.3 Å². The number of cyclic esters (lactones) is 1. The highest BCUT2D eigenvalue weighted by Gasteiger charge is 2.47. The van der Waals surface area contributed by atoms with Crippen molar-refractivity contribution in [1.29, 1.82) is 0 Å². The molecule has 2 aromatic carbocycles. The number of thioether (sulfide) groups is 1. The van der Waals surface area contributed by atoms with E-state index in [4.69, 9.17) is 34.8 Å². The van der Waals surface area contributed by atoms with E-state index in [1.54, 1.807) is 32.0 Å². The first-order valence-electron chi connectivity index (χ1n) is 11.2. The van der Waals surface area contributed by atoms with Crippen molar-refractivity contribution in [3.8, 4) is 41.1 Å². The molecule has 0 saturated carbocycles. The summed E-state index contributed by atoms with van der Waals surface area (Å²) in [6.45, 7) is 0.893. The van der Waals surface area contributed by atoms with E-state index in [2.05, 4.69) is 10.8 Å². The molecular weight excluding hydrogens is 470 g/mol. The highest BCUT2D eigenvalue weighted by atomic mass is 32.2. The first-order chi connectivity index (χ1) is 17.0. The average molecular weight is 498 g/mol. The number of fused-ring (bicyclic) bond motifs is 3. The number of terminal acetylenes is 1. The molecule has 2 atom stereocenters. The fraction of sp³-hybridized carbons (Fsp3) is 0.423. The maximum atomic E-state index is 13.1. The molecule has 8 nitrogen and oxygen atoms in total. The van der Waals surface area contributed by atoms with E-state index in [0.29, 0.717) is 45.8 Å². The molecule has 5 rings (SSSR count). The van der Waals surface area contributed by atoms with Crippen molar-refractivity contribution in [1.82, 2.24) is 4.90 Å². The van der Waals surface area contributed by atoms with Crippen LogP contribution in [0.1, 0.15) is 44.8 Å². The first kappa shape index (κ1) is 23.5. The van der Waals surface area contributed by atoms with Gasteiger partial charge in [-0.3, -0.25) is 4.90 Å². The van der Waals surface area contributed by atoms with Gasteiger partial charge in [-0.2, -0.15) is 0 Å². The Morgan fingerprint density at radius 3 is 2.63 bits per heavy atom. The lowest BCUT2D eigenvalue weighted by molar-refractivity contribution is 0.00870. The van der Waals surface area contributed by atoms with Crippen LogP contribution in [0.3, 0.4) is 0 Å². The van der Waals surface area contributed by atoms with Gasteiger partial charge in [0.25, 0.3) is 0 Å². The summed E-state index contributed by atoms with van der Waals surface area (Å²) in [5, 5.41) is 0. The van der Waals surface area contributed by atoms with E-state index in [9.17, 15) is 4.79 Å². The topological polar surface area (TPSA) is 75.7 Å². The number of hydrogen-bond donors (Lipinski definition) is 0. The second-order valence-electron chi connectivity index (χ2n) is 8.43. The van der Waals surface area contributed by atoms with E-state index in [1.807, 2.05) is 13.1 Å². The van der Waals surface area contributed by atoms with Crippen LogP contribution in [0.25, 0.3) is 0 Å². The van der Waals surface area contributed by atoms with E-state index in [-0.39, 0.29) is 12.8 Å². The summed E-state index contributed by atoms with van der Waals surface area (Å²) < 4.78 is 34.7. The Morgan fingerprint density at radius 2 is 1.91 bits per heavy atom. The second kappa shape index (κ2) is 9.44. The molecule has 35 heavy (non-hydrogen) atoms. The maximum absolute atomic E-state index is 13.1. The number of rotatable bonds is 7. The van der Waals surface area contributed by atoms with E-state index in [0.717, 1.165) is 35.2 Å². The van der Waals surface area contributed by atoms with Crippen LogP contribution < -0.4 is 23.7 Å². The van der Waals surface area contributed by atoms with Gasteiger partial charge in [-0.05, 0) is 25.1 Å². The van der Waals surface area contributed by atoms with Crippen molar-refractivity contribution in [2.75, 3.05) is 47.5 Å². The smallest absolute Gasteiger partial charge is 0.343 e. The fourth-order valence-electron chi connectivity index (χ4n) is 5.29. The molecule has 0 amide bonds. The van der Waals surface area contributed by atoms with E-state index < -0.39 is 12.1 Å². The fourth-order valence-corrected chi connectivity index (χ4v) is 6.02. The minimum atomic E-state index is -0.568. The molecule has 0 aliphatic carbocycles. The summed E-state index contributed by atoms with van der Waals surface area (Å²) >= 11 is 1.65. The van der Waals surface area contributed by atoms with Gasteiger partial charge < -0.3 is 28.4 Å². The van der Waals surface area contributed by atoms with Crippen LogP contribution >= 0.6 is 11.8 Å². The van der Waals surface area contributed by atoms with Crippen molar-refractivity contribution < 1.29 is 33.2 Å². The average Bonchev–Trinajstić information content (AvgIpc) is 3.48. The summed E-state index contributed by atoms with van der Waals surface area (Å²) in [5.74, 6) is 6.28. The maximum Gasteiger partial charge on any atom is 0.343 e. The molecule has 184 valence electrons. The summed E-state index contributed by atoms with van der Waals surface area (Å²) in [5.41, 5.74) is 4.27. The van der Waals surface area contributed by atoms with Gasteiger partial charge in [-0.15, -0.1) is 18.2 Å². The van der Waals surface area contributed by atoms with Gasteiger partial charge >= 0.3 is 5.97 Å². The molecule has 3 aliphatic rings.